The normalized spacial score (nSPS) is 11.4. The van der Waals surface area contributed by atoms with Gasteiger partial charge < -0.3 is 0 Å². The molecule has 0 N–H and O–H groups in total. The van der Waals surface area contributed by atoms with Crippen LogP contribution >= 0.6 is 11.3 Å². The molecule has 0 radical (unpaired) electrons. The lowest BCUT2D eigenvalue weighted by molar-refractivity contribution is 0.832. The van der Waals surface area contributed by atoms with E-state index in [9.17, 15) is 0 Å². The summed E-state index contributed by atoms with van der Waals surface area (Å²) >= 11 is 1.75. The van der Waals surface area contributed by atoms with Gasteiger partial charge in [0.05, 0.1) is 5.69 Å². The molecular weight excluding hydrogens is 226 g/mol. The molecule has 1 aromatic carbocycles. The molecule has 0 aliphatic heterocycles. The molecule has 1 aromatic heterocycles. The van der Waals surface area contributed by atoms with Crippen molar-refractivity contribution in [2.75, 3.05) is 0 Å². The SMILES string of the molecule is CC(C)c1csc(-c2ccccc2C(C)C)n1. The van der Waals surface area contributed by atoms with Crippen molar-refractivity contribution in [3.05, 3.63) is 40.9 Å². The molecule has 2 aromatic rings. The van der Waals surface area contributed by atoms with Crippen molar-refractivity contribution in [2.45, 2.75) is 39.5 Å². The van der Waals surface area contributed by atoms with Crippen LogP contribution in [0.2, 0.25) is 0 Å². The van der Waals surface area contributed by atoms with Crippen LogP contribution in [-0.4, -0.2) is 4.98 Å². The molecule has 2 rings (SSSR count). The summed E-state index contributed by atoms with van der Waals surface area (Å²) in [7, 11) is 0. The minimum atomic E-state index is 0.506. The number of hydrogen-bond acceptors (Lipinski definition) is 2. The second-order valence-electron chi connectivity index (χ2n) is 4.97. The molecule has 0 saturated heterocycles. The Morgan fingerprint density at radius 3 is 2.29 bits per heavy atom. The van der Waals surface area contributed by atoms with Gasteiger partial charge in [0, 0.05) is 10.9 Å². The summed E-state index contributed by atoms with van der Waals surface area (Å²) in [5, 5.41) is 3.33. The van der Waals surface area contributed by atoms with Gasteiger partial charge in [0.15, 0.2) is 0 Å². The molecule has 90 valence electrons. The largest absolute Gasteiger partial charge is 0.241 e. The third kappa shape index (κ3) is 2.58. The van der Waals surface area contributed by atoms with E-state index in [0.717, 1.165) is 5.01 Å². The van der Waals surface area contributed by atoms with Crippen LogP contribution < -0.4 is 0 Å². The fraction of sp³-hybridized carbons (Fsp3) is 0.400. The molecule has 0 spiro atoms. The summed E-state index contributed by atoms with van der Waals surface area (Å²) < 4.78 is 0. The molecule has 0 aliphatic rings. The number of nitrogens with zero attached hydrogens (tertiary/aromatic N) is 1. The van der Waals surface area contributed by atoms with E-state index < -0.39 is 0 Å². The Labute approximate surface area is 108 Å². The first kappa shape index (κ1) is 12.3. The molecular formula is C15H19NS. The third-order valence-corrected chi connectivity index (χ3v) is 3.82. The third-order valence-electron chi connectivity index (χ3n) is 2.93. The summed E-state index contributed by atoms with van der Waals surface area (Å²) in [5.74, 6) is 1.05. The zero-order chi connectivity index (χ0) is 12.4. The van der Waals surface area contributed by atoms with E-state index in [0.29, 0.717) is 11.8 Å². The summed E-state index contributed by atoms with van der Waals surface area (Å²) in [6.45, 7) is 8.84. The molecule has 0 atom stereocenters. The van der Waals surface area contributed by atoms with Gasteiger partial charge in [0.25, 0.3) is 0 Å². The second kappa shape index (κ2) is 5.01. The highest BCUT2D eigenvalue weighted by molar-refractivity contribution is 7.13. The van der Waals surface area contributed by atoms with Crippen molar-refractivity contribution in [2.24, 2.45) is 0 Å². The van der Waals surface area contributed by atoms with Crippen LogP contribution in [0, 0.1) is 0 Å². The molecule has 0 aliphatic carbocycles. The highest BCUT2D eigenvalue weighted by Gasteiger charge is 2.12. The van der Waals surface area contributed by atoms with E-state index in [4.69, 9.17) is 4.98 Å². The fourth-order valence-corrected chi connectivity index (χ4v) is 2.90. The maximum Gasteiger partial charge on any atom is 0.123 e. The number of thiazole rings is 1. The van der Waals surface area contributed by atoms with Gasteiger partial charge >= 0.3 is 0 Å². The van der Waals surface area contributed by atoms with Crippen molar-refractivity contribution >= 4 is 11.3 Å². The van der Waals surface area contributed by atoms with Crippen LogP contribution in [0.15, 0.2) is 29.6 Å². The van der Waals surface area contributed by atoms with E-state index >= 15 is 0 Å². The van der Waals surface area contributed by atoms with Crippen LogP contribution in [0.25, 0.3) is 10.6 Å². The van der Waals surface area contributed by atoms with Gasteiger partial charge in [-0.25, -0.2) is 4.98 Å². The Morgan fingerprint density at radius 2 is 1.71 bits per heavy atom. The fourth-order valence-electron chi connectivity index (χ4n) is 1.87. The van der Waals surface area contributed by atoms with Crippen molar-refractivity contribution in [1.82, 2.24) is 4.98 Å². The molecule has 0 saturated carbocycles. The van der Waals surface area contributed by atoms with Crippen LogP contribution in [0.1, 0.15) is 50.8 Å². The standard InChI is InChI=1S/C15H19NS/c1-10(2)12-7-5-6-8-13(12)15-16-14(9-17-15)11(3)4/h5-11H,1-4H3. The Kier molecular flexibility index (Phi) is 3.63. The maximum absolute atomic E-state index is 4.74. The number of hydrogen-bond donors (Lipinski definition) is 0. The molecule has 0 fully saturated rings. The number of benzene rings is 1. The monoisotopic (exact) mass is 245 g/mol. The van der Waals surface area contributed by atoms with Gasteiger partial charge in [-0.2, -0.15) is 0 Å². The molecule has 0 bridgehead atoms. The topological polar surface area (TPSA) is 12.9 Å². The smallest absolute Gasteiger partial charge is 0.123 e. The van der Waals surface area contributed by atoms with E-state index in [1.165, 1.54) is 16.8 Å². The number of rotatable bonds is 3. The van der Waals surface area contributed by atoms with Gasteiger partial charge in [0.1, 0.15) is 5.01 Å². The minimum Gasteiger partial charge on any atom is -0.241 e. The predicted octanol–water partition coefficient (Wildman–Crippen LogP) is 5.06. The lowest BCUT2D eigenvalue weighted by Gasteiger charge is -2.10. The van der Waals surface area contributed by atoms with Crippen molar-refractivity contribution in [1.29, 1.82) is 0 Å². The summed E-state index contributed by atoms with van der Waals surface area (Å²) in [6.07, 6.45) is 0. The predicted molar refractivity (Wildman–Crippen MR) is 75.7 cm³/mol. The Bertz CT molecular complexity index is 497. The average molecular weight is 245 g/mol. The molecule has 1 heterocycles. The Balaban J connectivity index is 2.45. The first-order chi connectivity index (χ1) is 8.09. The van der Waals surface area contributed by atoms with Crippen LogP contribution in [0.4, 0.5) is 0 Å². The van der Waals surface area contributed by atoms with E-state index in [1.807, 2.05) is 0 Å². The van der Waals surface area contributed by atoms with Gasteiger partial charge in [-0.1, -0.05) is 52.0 Å². The van der Waals surface area contributed by atoms with E-state index in [1.54, 1.807) is 11.3 Å². The Hall–Kier alpha value is -1.15. The molecule has 2 heteroatoms. The minimum absolute atomic E-state index is 0.506. The first-order valence-electron chi connectivity index (χ1n) is 6.14. The summed E-state index contributed by atoms with van der Waals surface area (Å²) in [5.41, 5.74) is 3.88. The zero-order valence-electron chi connectivity index (χ0n) is 10.9. The highest BCUT2D eigenvalue weighted by atomic mass is 32.1. The zero-order valence-corrected chi connectivity index (χ0v) is 11.7. The molecule has 0 amide bonds. The van der Waals surface area contributed by atoms with Gasteiger partial charge in [-0.3, -0.25) is 0 Å². The molecule has 1 nitrogen and oxygen atoms in total. The summed E-state index contributed by atoms with van der Waals surface area (Å²) in [6, 6.07) is 8.59. The number of aromatic nitrogens is 1. The summed E-state index contributed by atoms with van der Waals surface area (Å²) in [4.78, 5) is 4.74. The van der Waals surface area contributed by atoms with E-state index in [-0.39, 0.29) is 0 Å². The highest BCUT2D eigenvalue weighted by Crippen LogP contribution is 2.32. The van der Waals surface area contributed by atoms with Crippen molar-refractivity contribution in [3.63, 3.8) is 0 Å². The second-order valence-corrected chi connectivity index (χ2v) is 5.83. The van der Waals surface area contributed by atoms with E-state index in [2.05, 4.69) is 57.3 Å². The van der Waals surface area contributed by atoms with Gasteiger partial charge in [-0.15, -0.1) is 11.3 Å². The average Bonchev–Trinajstić information content (AvgIpc) is 2.78. The Morgan fingerprint density at radius 1 is 1.00 bits per heavy atom. The van der Waals surface area contributed by atoms with Gasteiger partial charge in [0.2, 0.25) is 0 Å². The van der Waals surface area contributed by atoms with Crippen molar-refractivity contribution in [3.8, 4) is 10.6 Å². The molecule has 17 heavy (non-hydrogen) atoms. The van der Waals surface area contributed by atoms with Crippen LogP contribution in [-0.2, 0) is 0 Å². The van der Waals surface area contributed by atoms with Crippen molar-refractivity contribution < 1.29 is 0 Å². The lowest BCUT2D eigenvalue weighted by atomic mass is 9.98. The quantitative estimate of drug-likeness (QED) is 0.736. The van der Waals surface area contributed by atoms with Gasteiger partial charge in [-0.05, 0) is 17.4 Å². The molecule has 0 unspecified atom stereocenters. The maximum atomic E-state index is 4.74. The van der Waals surface area contributed by atoms with Crippen LogP contribution in [0.3, 0.4) is 0 Å². The van der Waals surface area contributed by atoms with Crippen LogP contribution in [0.5, 0.6) is 0 Å². The first-order valence-corrected chi connectivity index (χ1v) is 7.02. The lowest BCUT2D eigenvalue weighted by Crippen LogP contribution is -1.92.